The average Bonchev–Trinajstić information content (AvgIpc) is 3.66. The van der Waals surface area contributed by atoms with Crippen molar-refractivity contribution in [2.24, 2.45) is 0 Å². The summed E-state index contributed by atoms with van der Waals surface area (Å²) in [4.78, 5) is 31.9. The highest BCUT2D eigenvalue weighted by molar-refractivity contribution is 7.21. The van der Waals surface area contributed by atoms with E-state index >= 15 is 4.39 Å². The number of piperidine rings is 1. The van der Waals surface area contributed by atoms with Gasteiger partial charge in [0.05, 0.1) is 21.5 Å². The first kappa shape index (κ1) is 28.3. The van der Waals surface area contributed by atoms with Gasteiger partial charge >= 0.3 is 0 Å². The van der Waals surface area contributed by atoms with Gasteiger partial charge in [-0.15, -0.1) is 11.3 Å². The van der Waals surface area contributed by atoms with Crippen molar-refractivity contribution in [2.75, 3.05) is 70.1 Å². The van der Waals surface area contributed by atoms with Gasteiger partial charge in [0, 0.05) is 77.1 Å². The van der Waals surface area contributed by atoms with Crippen LogP contribution in [-0.4, -0.2) is 96.5 Å². The van der Waals surface area contributed by atoms with Gasteiger partial charge in [-0.25, -0.2) is 14.4 Å². The fraction of sp³-hybridized carbons (Fsp3) is 0.581. The lowest BCUT2D eigenvalue weighted by Gasteiger charge is -2.43. The van der Waals surface area contributed by atoms with E-state index in [0.29, 0.717) is 17.8 Å². The number of halogens is 1. The minimum Gasteiger partial charge on any atom is -0.370 e. The van der Waals surface area contributed by atoms with Crippen LogP contribution in [0, 0.1) is 5.82 Å². The van der Waals surface area contributed by atoms with E-state index in [4.69, 9.17) is 0 Å². The molecule has 3 aromatic heterocycles. The molecule has 3 fully saturated rings. The van der Waals surface area contributed by atoms with Gasteiger partial charge in [0.25, 0.3) is 5.91 Å². The van der Waals surface area contributed by atoms with Crippen LogP contribution in [0.3, 0.4) is 0 Å². The molecule has 2 aliphatic heterocycles. The summed E-state index contributed by atoms with van der Waals surface area (Å²) in [6, 6.07) is 4.17. The fourth-order valence-corrected chi connectivity index (χ4v) is 8.08. The van der Waals surface area contributed by atoms with Crippen molar-refractivity contribution in [1.82, 2.24) is 24.7 Å². The molecule has 0 aromatic carbocycles. The summed E-state index contributed by atoms with van der Waals surface area (Å²) in [7, 11) is 3.59. The van der Waals surface area contributed by atoms with E-state index in [0.717, 1.165) is 97.7 Å². The summed E-state index contributed by atoms with van der Waals surface area (Å²) >= 11 is 1.51. The number of amides is 1. The number of hydrogen-bond acceptors (Lipinski definition) is 8. The number of carbonyl (C=O) groups excluding carboxylic acids is 1. The number of aromatic nitrogens is 2. The molecule has 6 rings (SSSR count). The smallest absolute Gasteiger partial charge is 0.263 e. The number of piperazine rings is 1. The molecule has 10 heteroatoms. The zero-order valence-corrected chi connectivity index (χ0v) is 25.4. The van der Waals surface area contributed by atoms with E-state index in [2.05, 4.69) is 36.9 Å². The lowest BCUT2D eigenvalue weighted by molar-refractivity contribution is 0.0831. The van der Waals surface area contributed by atoms with Gasteiger partial charge in [-0.3, -0.25) is 9.69 Å². The summed E-state index contributed by atoms with van der Waals surface area (Å²) in [5.74, 6) is 0.742. The normalized spacial score (nSPS) is 19.8. The van der Waals surface area contributed by atoms with Crippen LogP contribution in [0.5, 0.6) is 0 Å². The number of fused-ring (bicyclic) bond motifs is 1. The summed E-state index contributed by atoms with van der Waals surface area (Å²) in [5.41, 5.74) is 1.96. The number of pyridine rings is 2. The Labute approximate surface area is 246 Å². The van der Waals surface area contributed by atoms with E-state index in [1.54, 1.807) is 37.5 Å². The Morgan fingerprint density at radius 1 is 1.02 bits per heavy atom. The Kier molecular flexibility index (Phi) is 8.42. The first-order chi connectivity index (χ1) is 19.9. The molecule has 0 spiro atoms. The van der Waals surface area contributed by atoms with Gasteiger partial charge in [-0.05, 0) is 49.8 Å². The molecule has 0 radical (unpaired) electrons. The highest BCUT2D eigenvalue weighted by Gasteiger charge is 2.29. The molecular weight excluding hydrogens is 537 g/mol. The van der Waals surface area contributed by atoms with Crippen LogP contribution in [0.2, 0.25) is 0 Å². The number of anilines is 3. The maximum Gasteiger partial charge on any atom is 0.263 e. The monoisotopic (exact) mass is 579 g/mol. The molecule has 0 atom stereocenters. The third kappa shape index (κ3) is 5.92. The second-order valence-electron chi connectivity index (χ2n) is 11.9. The van der Waals surface area contributed by atoms with Crippen LogP contribution in [0.1, 0.15) is 66.6 Å². The van der Waals surface area contributed by atoms with E-state index in [1.165, 1.54) is 24.2 Å². The third-order valence-electron chi connectivity index (χ3n) is 9.25. The second-order valence-corrected chi connectivity index (χ2v) is 13.0. The summed E-state index contributed by atoms with van der Waals surface area (Å²) in [5, 5.41) is 4.16. The van der Waals surface area contributed by atoms with E-state index in [9.17, 15) is 4.79 Å². The molecule has 1 N–H and O–H groups in total. The molecule has 2 saturated heterocycles. The Bertz CT molecular complexity index is 1370. The van der Waals surface area contributed by atoms with Crippen molar-refractivity contribution < 1.29 is 9.18 Å². The zero-order chi connectivity index (χ0) is 28.5. The van der Waals surface area contributed by atoms with Crippen LogP contribution >= 0.6 is 11.3 Å². The van der Waals surface area contributed by atoms with Crippen LogP contribution in [0.15, 0.2) is 24.5 Å². The predicted octanol–water partition coefficient (Wildman–Crippen LogP) is 5.54. The minimum atomic E-state index is -0.382. The van der Waals surface area contributed by atoms with Gasteiger partial charge in [-0.2, -0.15) is 0 Å². The first-order valence-corrected chi connectivity index (χ1v) is 16.0. The lowest BCUT2D eigenvalue weighted by Crippen LogP contribution is -2.53. The molecule has 1 saturated carbocycles. The van der Waals surface area contributed by atoms with Gasteiger partial charge < -0.3 is 20.0 Å². The lowest BCUT2D eigenvalue weighted by atomic mass is 9.94. The SMILES string of the molecule is CCN1CCN(C2CCN(c3cnc(Nc4cc5c(C6CCCC6)c(C(=O)N(C)C)sc5cn4)c(F)c3)CC2)CC1. The third-order valence-corrected chi connectivity index (χ3v) is 10.4. The second kappa shape index (κ2) is 12.2. The van der Waals surface area contributed by atoms with Crippen molar-refractivity contribution in [1.29, 1.82) is 0 Å². The van der Waals surface area contributed by atoms with Crippen LogP contribution in [0.25, 0.3) is 10.1 Å². The average molecular weight is 580 g/mol. The molecular formula is C31H42FN7OS. The Morgan fingerprint density at radius 3 is 2.41 bits per heavy atom. The molecule has 41 heavy (non-hydrogen) atoms. The Morgan fingerprint density at radius 2 is 1.76 bits per heavy atom. The number of thiophene rings is 1. The highest BCUT2D eigenvalue weighted by atomic mass is 32.1. The molecule has 3 aliphatic rings. The highest BCUT2D eigenvalue weighted by Crippen LogP contribution is 2.44. The molecule has 0 bridgehead atoms. The number of carbonyl (C=O) groups is 1. The van der Waals surface area contributed by atoms with Crippen molar-refractivity contribution in [2.45, 2.75) is 57.4 Å². The predicted molar refractivity (Wildman–Crippen MR) is 165 cm³/mol. The van der Waals surface area contributed by atoms with Crippen molar-refractivity contribution in [3.8, 4) is 0 Å². The molecule has 1 amide bonds. The molecule has 0 unspecified atom stereocenters. The van der Waals surface area contributed by atoms with Gasteiger partial charge in [0.1, 0.15) is 5.82 Å². The number of hydrogen-bond donors (Lipinski definition) is 1. The van der Waals surface area contributed by atoms with Crippen molar-refractivity contribution in [3.05, 3.63) is 40.8 Å². The topological polar surface area (TPSA) is 67.8 Å². The summed E-state index contributed by atoms with van der Waals surface area (Å²) < 4.78 is 16.3. The maximum absolute atomic E-state index is 15.3. The summed E-state index contributed by atoms with van der Waals surface area (Å²) in [6.07, 6.45) is 10.3. The molecule has 220 valence electrons. The summed E-state index contributed by atoms with van der Waals surface area (Å²) in [6.45, 7) is 9.82. The minimum absolute atomic E-state index is 0.0361. The molecule has 3 aromatic rings. The largest absolute Gasteiger partial charge is 0.370 e. The van der Waals surface area contributed by atoms with Crippen LogP contribution in [-0.2, 0) is 0 Å². The zero-order valence-electron chi connectivity index (χ0n) is 24.5. The standard InChI is InChI=1S/C31H42FN7OS/c1-4-37-13-15-39(16-14-37)22-9-11-38(12-10-22)23-17-25(32)30(34-19-23)35-27-18-24-26(20-33-27)41-29(31(40)36(2)3)28(24)21-7-5-6-8-21/h17-22H,4-16H2,1-3H3,(H,33,34,35). The number of nitrogens with zero attached hydrogens (tertiary/aromatic N) is 6. The van der Waals surface area contributed by atoms with E-state index in [-0.39, 0.29) is 17.5 Å². The number of rotatable bonds is 7. The van der Waals surface area contributed by atoms with Crippen molar-refractivity contribution in [3.63, 3.8) is 0 Å². The fourth-order valence-electron chi connectivity index (χ4n) is 6.82. The maximum atomic E-state index is 15.3. The van der Waals surface area contributed by atoms with Gasteiger partial charge in [0.15, 0.2) is 11.6 Å². The van der Waals surface area contributed by atoms with E-state index in [1.807, 2.05) is 6.07 Å². The quantitative estimate of drug-likeness (QED) is 0.394. The first-order valence-electron chi connectivity index (χ1n) is 15.2. The van der Waals surface area contributed by atoms with Crippen LogP contribution in [0.4, 0.5) is 21.7 Å². The van der Waals surface area contributed by atoms with Crippen LogP contribution < -0.4 is 10.2 Å². The molecule has 1 aliphatic carbocycles. The van der Waals surface area contributed by atoms with Gasteiger partial charge in [-0.1, -0.05) is 19.8 Å². The van der Waals surface area contributed by atoms with E-state index < -0.39 is 0 Å². The number of nitrogens with one attached hydrogen (secondary N) is 1. The van der Waals surface area contributed by atoms with Crippen molar-refractivity contribution >= 4 is 44.7 Å². The molecule has 8 nitrogen and oxygen atoms in total. The Balaban J connectivity index is 1.15. The number of likely N-dealkylation sites (N-methyl/N-ethyl adjacent to an activating group) is 1. The Hall–Kier alpha value is -2.82. The van der Waals surface area contributed by atoms with Gasteiger partial charge in [0.2, 0.25) is 0 Å². The molecule has 5 heterocycles.